The van der Waals surface area contributed by atoms with Crippen LogP contribution in [0.15, 0.2) is 48.5 Å². The first kappa shape index (κ1) is 19.8. The molecule has 1 saturated heterocycles. The molecule has 148 valence electrons. The first-order chi connectivity index (χ1) is 13.7. The first-order valence-electron chi connectivity index (χ1n) is 9.59. The largest absolute Gasteiger partial charge is 0.497 e. The van der Waals surface area contributed by atoms with E-state index in [0.29, 0.717) is 12.4 Å². The maximum Gasteiger partial charge on any atom is 0.247 e. The summed E-state index contributed by atoms with van der Waals surface area (Å²) in [6, 6.07) is 13.7. The van der Waals surface area contributed by atoms with Gasteiger partial charge in [0.1, 0.15) is 17.2 Å². The van der Waals surface area contributed by atoms with Gasteiger partial charge in [0.2, 0.25) is 5.91 Å². The van der Waals surface area contributed by atoms with Crippen molar-refractivity contribution in [2.45, 2.75) is 25.8 Å². The Kier molecular flexibility index (Phi) is 6.58. The normalized spacial score (nSPS) is 16.4. The van der Waals surface area contributed by atoms with Gasteiger partial charge in [-0.05, 0) is 55.7 Å². The molecule has 0 bridgehead atoms. The SMILES string of the molecule is CCOc1ccc(C2CCCN2C(=O)/C=C/c2ccc(OC)cc2OC)cc1. The summed E-state index contributed by atoms with van der Waals surface area (Å²) in [6.45, 7) is 3.38. The van der Waals surface area contributed by atoms with Gasteiger partial charge in [-0.3, -0.25) is 4.79 Å². The minimum atomic E-state index is 0.00857. The number of benzene rings is 2. The van der Waals surface area contributed by atoms with E-state index in [-0.39, 0.29) is 11.9 Å². The lowest BCUT2D eigenvalue weighted by atomic mass is 10.0. The molecule has 28 heavy (non-hydrogen) atoms. The topological polar surface area (TPSA) is 48.0 Å². The number of carbonyl (C=O) groups excluding carboxylic acids is 1. The van der Waals surface area contributed by atoms with Gasteiger partial charge >= 0.3 is 0 Å². The van der Waals surface area contributed by atoms with Gasteiger partial charge in [0.05, 0.1) is 26.9 Å². The molecule has 5 nitrogen and oxygen atoms in total. The van der Waals surface area contributed by atoms with Gasteiger partial charge in [-0.1, -0.05) is 12.1 Å². The summed E-state index contributed by atoms with van der Waals surface area (Å²) in [5.41, 5.74) is 1.98. The van der Waals surface area contributed by atoms with Crippen LogP contribution in [0, 0.1) is 0 Å². The van der Waals surface area contributed by atoms with Crippen LogP contribution in [0.5, 0.6) is 17.2 Å². The van der Waals surface area contributed by atoms with Crippen LogP contribution in [0.1, 0.15) is 36.9 Å². The Morgan fingerprint density at radius 2 is 1.86 bits per heavy atom. The molecule has 1 fully saturated rings. The fraction of sp³-hybridized carbons (Fsp3) is 0.348. The number of hydrogen-bond donors (Lipinski definition) is 0. The molecule has 0 radical (unpaired) electrons. The number of methoxy groups -OCH3 is 2. The molecule has 2 aromatic carbocycles. The predicted octanol–water partition coefficient (Wildman–Crippen LogP) is 4.48. The number of rotatable bonds is 7. The zero-order valence-electron chi connectivity index (χ0n) is 16.7. The van der Waals surface area contributed by atoms with E-state index in [4.69, 9.17) is 14.2 Å². The van der Waals surface area contributed by atoms with Gasteiger partial charge in [0.25, 0.3) is 0 Å². The molecule has 1 aliphatic rings. The van der Waals surface area contributed by atoms with Gasteiger partial charge < -0.3 is 19.1 Å². The Bertz CT molecular complexity index is 829. The Balaban J connectivity index is 1.73. The molecule has 0 aromatic heterocycles. The minimum absolute atomic E-state index is 0.00857. The highest BCUT2D eigenvalue weighted by atomic mass is 16.5. The van der Waals surface area contributed by atoms with E-state index in [1.807, 2.05) is 42.2 Å². The van der Waals surface area contributed by atoms with Crippen LogP contribution in [0.3, 0.4) is 0 Å². The molecule has 0 saturated carbocycles. The van der Waals surface area contributed by atoms with E-state index in [9.17, 15) is 4.79 Å². The maximum atomic E-state index is 12.8. The molecule has 1 atom stereocenters. The lowest BCUT2D eigenvalue weighted by Gasteiger charge is -2.24. The number of nitrogens with zero attached hydrogens (tertiary/aromatic N) is 1. The van der Waals surface area contributed by atoms with Crippen molar-refractivity contribution in [3.63, 3.8) is 0 Å². The Morgan fingerprint density at radius 1 is 1.11 bits per heavy atom. The van der Waals surface area contributed by atoms with E-state index in [1.54, 1.807) is 26.4 Å². The quantitative estimate of drug-likeness (QED) is 0.664. The zero-order chi connectivity index (χ0) is 19.9. The summed E-state index contributed by atoms with van der Waals surface area (Å²) < 4.78 is 16.1. The standard InChI is InChI=1S/C23H27NO4/c1-4-28-19-11-7-17(8-12-19)21-6-5-15-24(21)23(25)14-10-18-9-13-20(26-2)16-22(18)27-3/h7-14,16,21H,4-6,15H2,1-3H3/b14-10+. The monoisotopic (exact) mass is 381 g/mol. The highest BCUT2D eigenvalue weighted by Gasteiger charge is 2.28. The van der Waals surface area contributed by atoms with E-state index in [2.05, 4.69) is 12.1 Å². The van der Waals surface area contributed by atoms with Crippen LogP contribution in [0.25, 0.3) is 6.08 Å². The third-order valence-corrected chi connectivity index (χ3v) is 4.96. The molecule has 0 spiro atoms. The highest BCUT2D eigenvalue weighted by Crippen LogP contribution is 2.33. The zero-order valence-corrected chi connectivity index (χ0v) is 16.7. The van der Waals surface area contributed by atoms with Crippen LogP contribution in [-0.4, -0.2) is 38.2 Å². The number of amides is 1. The molecule has 5 heteroatoms. The molecule has 1 amide bonds. The van der Waals surface area contributed by atoms with Crippen molar-refractivity contribution in [3.8, 4) is 17.2 Å². The third kappa shape index (κ3) is 4.47. The fourth-order valence-corrected chi connectivity index (χ4v) is 3.54. The Labute approximate surface area is 166 Å². The second-order valence-corrected chi connectivity index (χ2v) is 6.63. The maximum absolute atomic E-state index is 12.8. The van der Waals surface area contributed by atoms with Crippen molar-refractivity contribution in [2.24, 2.45) is 0 Å². The molecular weight excluding hydrogens is 354 g/mol. The van der Waals surface area contributed by atoms with Gasteiger partial charge in [0, 0.05) is 24.3 Å². The fourth-order valence-electron chi connectivity index (χ4n) is 3.54. The van der Waals surface area contributed by atoms with Crippen molar-refractivity contribution < 1.29 is 19.0 Å². The van der Waals surface area contributed by atoms with Crippen LogP contribution in [-0.2, 0) is 4.79 Å². The summed E-state index contributed by atoms with van der Waals surface area (Å²) >= 11 is 0. The van der Waals surface area contributed by atoms with E-state index in [0.717, 1.165) is 42.0 Å². The van der Waals surface area contributed by atoms with E-state index >= 15 is 0 Å². The van der Waals surface area contributed by atoms with Crippen molar-refractivity contribution in [1.29, 1.82) is 0 Å². The molecular formula is C23H27NO4. The van der Waals surface area contributed by atoms with Gasteiger partial charge in [0.15, 0.2) is 0 Å². The van der Waals surface area contributed by atoms with Crippen molar-refractivity contribution in [2.75, 3.05) is 27.4 Å². The molecule has 1 heterocycles. The van der Waals surface area contributed by atoms with Crippen LogP contribution in [0.2, 0.25) is 0 Å². The molecule has 3 rings (SSSR count). The summed E-state index contributed by atoms with van der Waals surface area (Å²) in [5.74, 6) is 2.26. The second-order valence-electron chi connectivity index (χ2n) is 6.63. The molecule has 1 unspecified atom stereocenters. The van der Waals surface area contributed by atoms with Crippen LogP contribution >= 0.6 is 0 Å². The summed E-state index contributed by atoms with van der Waals surface area (Å²) in [7, 11) is 3.22. The lowest BCUT2D eigenvalue weighted by molar-refractivity contribution is -0.126. The van der Waals surface area contributed by atoms with Crippen molar-refractivity contribution in [3.05, 3.63) is 59.7 Å². The molecule has 0 N–H and O–H groups in total. The van der Waals surface area contributed by atoms with Crippen LogP contribution in [0.4, 0.5) is 0 Å². The summed E-state index contributed by atoms with van der Waals surface area (Å²) in [4.78, 5) is 14.8. The van der Waals surface area contributed by atoms with E-state index in [1.165, 1.54) is 0 Å². The molecule has 0 aliphatic carbocycles. The molecule has 1 aliphatic heterocycles. The summed E-state index contributed by atoms with van der Waals surface area (Å²) in [6.07, 6.45) is 5.40. The van der Waals surface area contributed by atoms with E-state index < -0.39 is 0 Å². The van der Waals surface area contributed by atoms with Crippen molar-refractivity contribution in [1.82, 2.24) is 4.90 Å². The average Bonchev–Trinajstić information content (AvgIpc) is 3.22. The first-order valence-corrected chi connectivity index (χ1v) is 9.59. The average molecular weight is 381 g/mol. The predicted molar refractivity (Wildman–Crippen MR) is 110 cm³/mol. The lowest BCUT2D eigenvalue weighted by Crippen LogP contribution is -2.28. The van der Waals surface area contributed by atoms with Crippen LogP contribution < -0.4 is 14.2 Å². The summed E-state index contributed by atoms with van der Waals surface area (Å²) in [5, 5.41) is 0. The number of likely N-dealkylation sites (tertiary alicyclic amines) is 1. The highest BCUT2D eigenvalue weighted by molar-refractivity contribution is 5.92. The van der Waals surface area contributed by atoms with Gasteiger partial charge in [-0.15, -0.1) is 0 Å². The Hall–Kier alpha value is -2.95. The third-order valence-electron chi connectivity index (χ3n) is 4.96. The van der Waals surface area contributed by atoms with Crippen molar-refractivity contribution >= 4 is 12.0 Å². The number of hydrogen-bond acceptors (Lipinski definition) is 4. The molecule has 2 aromatic rings. The minimum Gasteiger partial charge on any atom is -0.497 e. The number of ether oxygens (including phenoxy) is 3. The number of carbonyl (C=O) groups is 1. The smallest absolute Gasteiger partial charge is 0.247 e. The second kappa shape index (κ2) is 9.31. The van der Waals surface area contributed by atoms with Gasteiger partial charge in [-0.25, -0.2) is 0 Å². The van der Waals surface area contributed by atoms with Gasteiger partial charge in [-0.2, -0.15) is 0 Å². The Morgan fingerprint density at radius 3 is 2.54 bits per heavy atom.